The summed E-state index contributed by atoms with van der Waals surface area (Å²) in [5.74, 6) is -0.913. The first kappa shape index (κ1) is 15.9. The van der Waals surface area contributed by atoms with Crippen LogP contribution in [0.4, 0.5) is 0 Å². The van der Waals surface area contributed by atoms with Crippen molar-refractivity contribution in [1.82, 2.24) is 20.6 Å². The maximum atomic E-state index is 12.4. The first-order valence-electron chi connectivity index (χ1n) is 7.79. The minimum atomic E-state index is -0.554. The summed E-state index contributed by atoms with van der Waals surface area (Å²) in [6.07, 6.45) is 6.31. The molecule has 1 heterocycles. The molecule has 2 N–H and O–H groups in total. The van der Waals surface area contributed by atoms with E-state index in [1.807, 2.05) is 12.2 Å². The molecule has 1 aromatic heterocycles. The molecule has 0 saturated heterocycles. The fourth-order valence-corrected chi connectivity index (χ4v) is 2.78. The van der Waals surface area contributed by atoms with Crippen molar-refractivity contribution in [2.75, 3.05) is 0 Å². The van der Waals surface area contributed by atoms with Gasteiger partial charge >= 0.3 is 0 Å². The Balaban J connectivity index is 1.79. The minimum absolute atomic E-state index is 0.0940. The number of amides is 2. The van der Waals surface area contributed by atoms with E-state index >= 15 is 0 Å². The van der Waals surface area contributed by atoms with Gasteiger partial charge in [0, 0.05) is 18.4 Å². The van der Waals surface area contributed by atoms with Gasteiger partial charge in [-0.15, -0.1) is 0 Å². The second-order valence-corrected chi connectivity index (χ2v) is 5.75. The summed E-state index contributed by atoms with van der Waals surface area (Å²) < 4.78 is 1.12. The molecule has 0 radical (unpaired) electrons. The highest BCUT2D eigenvalue weighted by molar-refractivity contribution is 6.05. The quantitative estimate of drug-likeness (QED) is 0.637. The van der Waals surface area contributed by atoms with Gasteiger partial charge in [-0.05, 0) is 25.3 Å². The molecule has 0 bridgehead atoms. The molecule has 1 atom stereocenters. The van der Waals surface area contributed by atoms with Crippen LogP contribution in [0, 0.1) is 5.92 Å². The van der Waals surface area contributed by atoms with Crippen molar-refractivity contribution in [1.29, 1.82) is 0 Å². The number of hydrogen-bond donors (Lipinski definition) is 2. The largest absolute Gasteiger partial charge is 0.290 e. The Bertz CT molecular complexity index is 885. The van der Waals surface area contributed by atoms with Crippen LogP contribution in [-0.4, -0.2) is 21.6 Å². The molecule has 0 unspecified atom stereocenters. The van der Waals surface area contributed by atoms with Gasteiger partial charge in [0.1, 0.15) is 0 Å². The van der Waals surface area contributed by atoms with Crippen LogP contribution in [0.1, 0.15) is 29.8 Å². The summed E-state index contributed by atoms with van der Waals surface area (Å²) in [7, 11) is 1.48. The smallest absolute Gasteiger partial charge is 0.273 e. The van der Waals surface area contributed by atoms with Crippen LogP contribution in [0.25, 0.3) is 10.8 Å². The van der Waals surface area contributed by atoms with Crippen LogP contribution in [0.5, 0.6) is 0 Å². The number of fused-ring (bicyclic) bond motifs is 1. The van der Waals surface area contributed by atoms with E-state index in [1.54, 1.807) is 24.3 Å². The summed E-state index contributed by atoms with van der Waals surface area (Å²) in [5, 5.41) is 4.88. The number of allylic oxidation sites excluding steroid dienone is 2. The Morgan fingerprint density at radius 3 is 2.62 bits per heavy atom. The minimum Gasteiger partial charge on any atom is -0.273 e. The number of carbonyl (C=O) groups excluding carboxylic acids is 2. The van der Waals surface area contributed by atoms with Crippen molar-refractivity contribution in [2.45, 2.75) is 19.3 Å². The SMILES string of the molecule is Cn1nc(C(=O)NNC(=O)[C@H]2CC=CCC2)c2ccccc2c1=O. The fourth-order valence-electron chi connectivity index (χ4n) is 2.78. The van der Waals surface area contributed by atoms with Crippen molar-refractivity contribution in [3.05, 3.63) is 52.5 Å². The van der Waals surface area contributed by atoms with Crippen LogP contribution in [0.3, 0.4) is 0 Å². The van der Waals surface area contributed by atoms with Crippen molar-refractivity contribution in [2.24, 2.45) is 13.0 Å². The molecule has 1 aliphatic rings. The number of carbonyl (C=O) groups is 2. The van der Waals surface area contributed by atoms with Crippen LogP contribution in [0.2, 0.25) is 0 Å². The molecule has 7 nitrogen and oxygen atoms in total. The second-order valence-electron chi connectivity index (χ2n) is 5.75. The van der Waals surface area contributed by atoms with E-state index in [9.17, 15) is 14.4 Å². The Hall–Kier alpha value is -2.96. The molecule has 1 aliphatic carbocycles. The molecule has 3 rings (SSSR count). The van der Waals surface area contributed by atoms with Gasteiger partial charge in [-0.2, -0.15) is 5.10 Å². The first-order chi connectivity index (χ1) is 11.6. The predicted molar refractivity (Wildman–Crippen MR) is 89.1 cm³/mol. The van der Waals surface area contributed by atoms with Gasteiger partial charge < -0.3 is 0 Å². The monoisotopic (exact) mass is 326 g/mol. The van der Waals surface area contributed by atoms with Crippen LogP contribution in [-0.2, 0) is 11.8 Å². The summed E-state index contributed by atoms with van der Waals surface area (Å²) in [6, 6.07) is 6.76. The number of hydrogen-bond acceptors (Lipinski definition) is 4. The van der Waals surface area contributed by atoms with Crippen molar-refractivity contribution < 1.29 is 9.59 Å². The molecular weight excluding hydrogens is 308 g/mol. The third kappa shape index (κ3) is 3.05. The average molecular weight is 326 g/mol. The van der Waals surface area contributed by atoms with Gasteiger partial charge in [0.2, 0.25) is 5.91 Å². The lowest BCUT2D eigenvalue weighted by Gasteiger charge is -2.17. The van der Waals surface area contributed by atoms with E-state index in [0.717, 1.165) is 17.5 Å². The number of aryl methyl sites for hydroxylation is 1. The number of rotatable bonds is 2. The highest BCUT2D eigenvalue weighted by Crippen LogP contribution is 2.17. The Morgan fingerprint density at radius 2 is 1.92 bits per heavy atom. The number of hydrazine groups is 1. The van der Waals surface area contributed by atoms with Gasteiger partial charge in [-0.3, -0.25) is 25.2 Å². The van der Waals surface area contributed by atoms with E-state index in [0.29, 0.717) is 17.2 Å². The maximum absolute atomic E-state index is 12.4. The normalized spacial score (nSPS) is 16.8. The summed E-state index contributed by atoms with van der Waals surface area (Å²) in [6.45, 7) is 0. The Kier molecular flexibility index (Phi) is 4.41. The van der Waals surface area contributed by atoms with E-state index in [-0.39, 0.29) is 23.1 Å². The topological polar surface area (TPSA) is 93.1 Å². The van der Waals surface area contributed by atoms with Crippen LogP contribution >= 0.6 is 0 Å². The zero-order valence-corrected chi connectivity index (χ0v) is 13.3. The maximum Gasteiger partial charge on any atom is 0.290 e. The molecular formula is C17H18N4O3. The van der Waals surface area contributed by atoms with E-state index in [4.69, 9.17) is 0 Å². The third-order valence-corrected chi connectivity index (χ3v) is 4.11. The molecule has 0 aliphatic heterocycles. The van der Waals surface area contributed by atoms with Gasteiger partial charge in [0.25, 0.3) is 11.5 Å². The van der Waals surface area contributed by atoms with Crippen molar-refractivity contribution >= 4 is 22.6 Å². The van der Waals surface area contributed by atoms with E-state index in [2.05, 4.69) is 16.0 Å². The molecule has 0 spiro atoms. The molecule has 24 heavy (non-hydrogen) atoms. The lowest BCUT2D eigenvalue weighted by molar-refractivity contribution is -0.126. The zero-order chi connectivity index (χ0) is 17.1. The van der Waals surface area contributed by atoms with Crippen LogP contribution < -0.4 is 16.4 Å². The third-order valence-electron chi connectivity index (χ3n) is 4.11. The van der Waals surface area contributed by atoms with E-state index in [1.165, 1.54) is 7.05 Å². The van der Waals surface area contributed by atoms with Gasteiger partial charge in [-0.25, -0.2) is 4.68 Å². The highest BCUT2D eigenvalue weighted by Gasteiger charge is 2.20. The molecule has 0 saturated carbocycles. The molecule has 2 amide bonds. The Morgan fingerprint density at radius 1 is 1.17 bits per heavy atom. The molecule has 7 heteroatoms. The highest BCUT2D eigenvalue weighted by atomic mass is 16.2. The van der Waals surface area contributed by atoms with E-state index < -0.39 is 5.91 Å². The van der Waals surface area contributed by atoms with Crippen molar-refractivity contribution in [3.63, 3.8) is 0 Å². The predicted octanol–water partition coefficient (Wildman–Crippen LogP) is 1.05. The number of nitrogens with one attached hydrogen (secondary N) is 2. The van der Waals surface area contributed by atoms with Gasteiger partial charge in [0.15, 0.2) is 5.69 Å². The Labute approximate surface area is 138 Å². The molecule has 2 aromatic rings. The second kappa shape index (κ2) is 6.66. The van der Waals surface area contributed by atoms with Gasteiger partial charge in [-0.1, -0.05) is 30.4 Å². The fraction of sp³-hybridized carbons (Fsp3) is 0.294. The first-order valence-corrected chi connectivity index (χ1v) is 7.79. The molecule has 124 valence electrons. The van der Waals surface area contributed by atoms with Crippen molar-refractivity contribution in [3.8, 4) is 0 Å². The number of aromatic nitrogens is 2. The number of benzene rings is 1. The summed E-state index contributed by atoms with van der Waals surface area (Å²) >= 11 is 0. The summed E-state index contributed by atoms with van der Waals surface area (Å²) in [5.41, 5.74) is 4.66. The molecule has 0 fully saturated rings. The van der Waals surface area contributed by atoms with Gasteiger partial charge in [0.05, 0.1) is 5.39 Å². The summed E-state index contributed by atoms with van der Waals surface area (Å²) in [4.78, 5) is 36.5. The zero-order valence-electron chi connectivity index (χ0n) is 13.3. The lowest BCUT2D eigenvalue weighted by Crippen LogP contribution is -2.45. The lowest BCUT2D eigenvalue weighted by atomic mass is 9.94. The standard InChI is InChI=1S/C17H18N4O3/c1-21-17(24)13-10-6-5-9-12(13)14(20-21)16(23)19-18-15(22)11-7-3-2-4-8-11/h2-3,5-6,9-11H,4,7-8H2,1H3,(H,18,22)(H,19,23)/t11-/m0/s1. The molecule has 1 aromatic carbocycles. The van der Waals surface area contributed by atoms with Crippen LogP contribution in [0.15, 0.2) is 41.2 Å². The average Bonchev–Trinajstić information content (AvgIpc) is 2.63. The number of nitrogens with zero attached hydrogens (tertiary/aromatic N) is 2.